The van der Waals surface area contributed by atoms with Crippen LogP contribution in [-0.2, 0) is 36.7 Å². The van der Waals surface area contributed by atoms with Crippen molar-refractivity contribution in [3.63, 3.8) is 0 Å². The molecule has 0 aromatic heterocycles. The monoisotopic (exact) mass is 464 g/mol. The van der Waals surface area contributed by atoms with Crippen LogP contribution in [0.1, 0.15) is 12.0 Å². The van der Waals surface area contributed by atoms with Gasteiger partial charge in [-0.3, -0.25) is 4.55 Å². The molecule has 2 bridgehead atoms. The van der Waals surface area contributed by atoms with Gasteiger partial charge in [-0.25, -0.2) is 19.6 Å². The molecule has 0 heterocycles. The van der Waals surface area contributed by atoms with Gasteiger partial charge < -0.3 is 0 Å². The van der Waals surface area contributed by atoms with Crippen LogP contribution < -0.4 is 0 Å². The molecule has 1 aromatic rings. The third-order valence-corrected chi connectivity index (χ3v) is 3.93. The molecule has 3 nitrogen and oxygen atoms in total. The molecule has 0 unspecified atom stereocenters. The Labute approximate surface area is 159 Å². The fourth-order valence-corrected chi connectivity index (χ4v) is 2.45. The summed E-state index contributed by atoms with van der Waals surface area (Å²) in [6, 6.07) is 2.56. The van der Waals surface area contributed by atoms with Crippen molar-refractivity contribution in [1.29, 1.82) is 0 Å². The van der Waals surface area contributed by atoms with Crippen molar-refractivity contribution in [1.82, 2.24) is 0 Å². The van der Waals surface area contributed by atoms with E-state index in [0.29, 0.717) is 24.3 Å². The van der Waals surface area contributed by atoms with Gasteiger partial charge in [0.25, 0.3) is 10.1 Å². The third kappa shape index (κ3) is 7.97. The largest absolute Gasteiger partial charge is 2.00 e. The molecule has 0 saturated carbocycles. The number of hydrogen-bond acceptors (Lipinski definition) is 2. The average molecular weight is 465 g/mol. The van der Waals surface area contributed by atoms with Crippen LogP contribution in [0.3, 0.4) is 0 Å². The van der Waals surface area contributed by atoms with Gasteiger partial charge in [0.15, 0.2) is 0 Å². The normalized spacial score (nSPS) is 14.8. The number of allylic oxidation sites excluding steroid dienone is 5. The average Bonchev–Trinajstić information content (AvgIpc) is 3.12. The van der Waals surface area contributed by atoms with E-state index in [1.807, 2.05) is 0 Å². The maximum absolute atomic E-state index is 12.0. The van der Waals surface area contributed by atoms with Gasteiger partial charge in [-0.1, -0.05) is 6.42 Å². The van der Waals surface area contributed by atoms with Crippen LogP contribution >= 0.6 is 0 Å². The molecule has 140 valence electrons. The molecule has 0 fully saturated rings. The molecule has 1 aromatic carbocycles. The minimum absolute atomic E-state index is 0. The van der Waals surface area contributed by atoms with Crippen LogP contribution in [0.25, 0.3) is 0 Å². The Hall–Kier alpha value is -1.46. The SMILES string of the molecule is C1=CC2C=C[C-]1C2.C=C[CH2-].O=S(=O)(O)c1ccc(C(F)(F)F)cc1.[Pd+2]. The summed E-state index contributed by atoms with van der Waals surface area (Å²) in [5, 5.41) is 0. The maximum atomic E-state index is 12.0. The Morgan fingerprint density at radius 3 is 1.84 bits per heavy atom. The molecule has 8 heteroatoms. The molecule has 3 rings (SSSR count). The molecular formula is C17H17F3O3PdS. The van der Waals surface area contributed by atoms with Gasteiger partial charge in [-0.05, 0) is 24.3 Å². The summed E-state index contributed by atoms with van der Waals surface area (Å²) < 4.78 is 65.4. The van der Waals surface area contributed by atoms with Crippen molar-refractivity contribution in [3.05, 3.63) is 79.6 Å². The number of hydrogen-bond donors (Lipinski definition) is 1. The Bertz CT molecular complexity index is 680. The second-order valence-corrected chi connectivity index (χ2v) is 6.37. The van der Waals surface area contributed by atoms with Crippen molar-refractivity contribution < 1.29 is 46.6 Å². The molecule has 0 spiro atoms. The predicted molar refractivity (Wildman–Crippen MR) is 86.4 cm³/mol. The first-order valence-corrected chi connectivity index (χ1v) is 8.29. The molecule has 2 aliphatic carbocycles. The van der Waals surface area contributed by atoms with Crippen LogP contribution in [0.15, 0.2) is 66.1 Å². The van der Waals surface area contributed by atoms with Crippen LogP contribution in [0, 0.1) is 18.8 Å². The smallest absolute Gasteiger partial charge is 0.282 e. The number of alkyl halides is 3. The van der Waals surface area contributed by atoms with E-state index >= 15 is 0 Å². The van der Waals surface area contributed by atoms with E-state index in [9.17, 15) is 21.6 Å². The molecule has 1 N–H and O–H groups in total. The van der Waals surface area contributed by atoms with Crippen molar-refractivity contribution >= 4 is 10.1 Å². The number of halogens is 3. The van der Waals surface area contributed by atoms with E-state index in [4.69, 9.17) is 4.55 Å². The standard InChI is InChI=1S/C7H5F3O3S.C7H7.C3H5.Pd/c8-7(9,10)5-1-3-6(4-2-5)14(11,12)13;1-2-7-4-3-6(1)5-7;1-3-2;/h1-4H,(H,11,12,13);1-4,6H,5H2;3H,1-2H2;/q;2*-1;+2. The van der Waals surface area contributed by atoms with E-state index < -0.39 is 26.8 Å². The summed E-state index contributed by atoms with van der Waals surface area (Å²) in [4.78, 5) is -0.564. The summed E-state index contributed by atoms with van der Waals surface area (Å²) in [5.74, 6) is 2.28. The van der Waals surface area contributed by atoms with Crippen LogP contribution in [0.5, 0.6) is 0 Å². The molecule has 2 aliphatic rings. The first-order valence-electron chi connectivity index (χ1n) is 6.85. The van der Waals surface area contributed by atoms with E-state index in [2.05, 4.69) is 37.8 Å². The van der Waals surface area contributed by atoms with Gasteiger partial charge in [-0.15, -0.1) is 5.92 Å². The number of rotatable bonds is 1. The quantitative estimate of drug-likeness (QED) is 0.373. The zero-order valence-electron chi connectivity index (χ0n) is 13.0. The van der Waals surface area contributed by atoms with E-state index in [0.717, 1.165) is 5.92 Å². The summed E-state index contributed by atoms with van der Waals surface area (Å²) in [7, 11) is -4.43. The predicted octanol–water partition coefficient (Wildman–Crippen LogP) is 4.66. The summed E-state index contributed by atoms with van der Waals surface area (Å²) in [6.45, 7) is 6.50. The second-order valence-electron chi connectivity index (χ2n) is 4.95. The minimum Gasteiger partial charge on any atom is -0.282 e. The van der Waals surface area contributed by atoms with Gasteiger partial charge in [0.05, 0.1) is 10.5 Å². The summed E-state index contributed by atoms with van der Waals surface area (Å²) >= 11 is 0. The first kappa shape index (κ1) is 23.5. The van der Waals surface area contributed by atoms with Gasteiger partial charge in [0.2, 0.25) is 0 Å². The van der Waals surface area contributed by atoms with Crippen molar-refractivity contribution in [2.45, 2.75) is 17.5 Å². The third-order valence-electron chi connectivity index (χ3n) is 3.07. The zero-order valence-corrected chi connectivity index (χ0v) is 15.4. The molecule has 0 aliphatic heterocycles. The number of fused-ring (bicyclic) bond motifs is 2. The Balaban J connectivity index is 0.000000434. The first-order chi connectivity index (χ1) is 11.1. The fraction of sp³-hybridized carbons (Fsp3) is 0.176. The van der Waals surface area contributed by atoms with Crippen molar-refractivity contribution in [2.24, 2.45) is 5.92 Å². The van der Waals surface area contributed by atoms with Gasteiger partial charge >= 0.3 is 26.6 Å². The topological polar surface area (TPSA) is 54.4 Å². The van der Waals surface area contributed by atoms with Crippen LogP contribution in [0.4, 0.5) is 13.2 Å². The Morgan fingerprint density at radius 2 is 1.64 bits per heavy atom. The van der Waals surface area contributed by atoms with E-state index in [1.165, 1.54) is 18.4 Å². The van der Waals surface area contributed by atoms with Gasteiger partial charge in [0.1, 0.15) is 0 Å². The molecule has 0 amide bonds. The van der Waals surface area contributed by atoms with E-state index in [1.54, 1.807) is 0 Å². The molecule has 25 heavy (non-hydrogen) atoms. The molecule has 0 radical (unpaired) electrons. The minimum atomic E-state index is -4.52. The Morgan fingerprint density at radius 1 is 1.20 bits per heavy atom. The van der Waals surface area contributed by atoms with Gasteiger partial charge in [-0.2, -0.15) is 51.8 Å². The van der Waals surface area contributed by atoms with Crippen LogP contribution in [-0.4, -0.2) is 13.0 Å². The van der Waals surface area contributed by atoms with E-state index in [-0.39, 0.29) is 20.4 Å². The maximum Gasteiger partial charge on any atom is 2.00 e. The van der Waals surface area contributed by atoms with Crippen LogP contribution in [0.2, 0.25) is 0 Å². The van der Waals surface area contributed by atoms with Crippen molar-refractivity contribution in [2.75, 3.05) is 0 Å². The van der Waals surface area contributed by atoms with Crippen molar-refractivity contribution in [3.8, 4) is 0 Å². The summed E-state index contributed by atoms with van der Waals surface area (Å²) in [6.07, 6.45) is 7.21. The molecule has 0 saturated heterocycles. The van der Waals surface area contributed by atoms with Gasteiger partial charge in [0, 0.05) is 0 Å². The fourth-order valence-electron chi connectivity index (χ4n) is 1.97. The molecule has 0 atom stereocenters. The Kier molecular flexibility index (Phi) is 9.30. The number of benzene rings is 1. The second kappa shape index (κ2) is 9.88. The molecular weight excluding hydrogens is 448 g/mol. The summed E-state index contributed by atoms with van der Waals surface area (Å²) in [5.41, 5.74) is -0.968. The zero-order chi connectivity index (χ0) is 18.4.